The minimum Gasteiger partial charge on any atom is -0.294 e. The second-order valence-corrected chi connectivity index (χ2v) is 3.97. The standard InChI is InChI=1S/C9H8Cl2O3P/c10-6-2-1-3-7(11)9(6)8(12)4-5-14-15-13/h1-3,15H,4-5H2/q+1. The van der Waals surface area contributed by atoms with Crippen molar-refractivity contribution in [3.63, 3.8) is 0 Å². The summed E-state index contributed by atoms with van der Waals surface area (Å²) in [4.78, 5) is 11.6. The summed E-state index contributed by atoms with van der Waals surface area (Å²) < 4.78 is 14.6. The van der Waals surface area contributed by atoms with E-state index in [0.29, 0.717) is 15.6 Å². The van der Waals surface area contributed by atoms with Gasteiger partial charge in [0.1, 0.15) is 6.61 Å². The number of carbonyl (C=O) groups is 1. The molecule has 15 heavy (non-hydrogen) atoms. The lowest BCUT2D eigenvalue weighted by molar-refractivity contribution is 0.0965. The van der Waals surface area contributed by atoms with Crippen LogP contribution in [0.25, 0.3) is 0 Å². The Bertz CT molecular complexity index is 361. The van der Waals surface area contributed by atoms with Gasteiger partial charge in [0.2, 0.25) is 0 Å². The van der Waals surface area contributed by atoms with E-state index in [1.807, 2.05) is 0 Å². The highest BCUT2D eigenvalue weighted by molar-refractivity contribution is 7.17. The van der Waals surface area contributed by atoms with Crippen molar-refractivity contribution in [1.29, 1.82) is 0 Å². The lowest BCUT2D eigenvalue weighted by Crippen LogP contribution is -2.03. The summed E-state index contributed by atoms with van der Waals surface area (Å²) in [6.45, 7) is 0.0995. The minimum absolute atomic E-state index is 0.0995. The number of ketones is 1. The van der Waals surface area contributed by atoms with Crippen LogP contribution in [0.2, 0.25) is 10.0 Å². The number of benzene rings is 1. The molecule has 0 radical (unpaired) electrons. The Balaban J connectivity index is 2.77. The van der Waals surface area contributed by atoms with Crippen LogP contribution in [-0.4, -0.2) is 12.4 Å². The topological polar surface area (TPSA) is 43.4 Å². The quantitative estimate of drug-likeness (QED) is 0.465. The zero-order valence-corrected chi connectivity index (χ0v) is 10.1. The molecule has 1 atom stereocenters. The Morgan fingerprint density at radius 2 is 1.93 bits per heavy atom. The van der Waals surface area contributed by atoms with Gasteiger partial charge in [0.15, 0.2) is 5.78 Å². The summed E-state index contributed by atoms with van der Waals surface area (Å²) >= 11 is 11.7. The van der Waals surface area contributed by atoms with Gasteiger partial charge >= 0.3 is 8.69 Å². The van der Waals surface area contributed by atoms with Crippen molar-refractivity contribution in [3.05, 3.63) is 33.8 Å². The average molecular weight is 266 g/mol. The second kappa shape index (κ2) is 6.19. The monoisotopic (exact) mass is 265 g/mol. The van der Waals surface area contributed by atoms with Crippen LogP contribution in [0, 0.1) is 0 Å². The largest absolute Gasteiger partial charge is 0.494 e. The average Bonchev–Trinajstić information content (AvgIpc) is 2.18. The van der Waals surface area contributed by atoms with Crippen molar-refractivity contribution in [3.8, 4) is 0 Å². The highest BCUT2D eigenvalue weighted by Gasteiger charge is 2.14. The molecule has 80 valence electrons. The first-order valence-corrected chi connectivity index (χ1v) is 5.70. The molecule has 0 amide bonds. The SMILES string of the molecule is O=[PH+]OCCC(=O)c1c(Cl)cccc1Cl. The molecule has 0 aliphatic heterocycles. The van der Waals surface area contributed by atoms with E-state index in [0.717, 1.165) is 0 Å². The normalized spacial score (nSPS) is 10.5. The van der Waals surface area contributed by atoms with Crippen LogP contribution in [-0.2, 0) is 9.09 Å². The Hall–Kier alpha value is -0.470. The molecule has 0 N–H and O–H groups in total. The van der Waals surface area contributed by atoms with E-state index in [1.165, 1.54) is 0 Å². The van der Waals surface area contributed by atoms with Crippen molar-refractivity contribution < 1.29 is 13.9 Å². The number of halogens is 2. The molecule has 1 aromatic rings. The van der Waals surface area contributed by atoms with E-state index in [2.05, 4.69) is 4.52 Å². The lowest BCUT2D eigenvalue weighted by Gasteiger charge is -2.03. The van der Waals surface area contributed by atoms with Crippen LogP contribution >= 0.6 is 31.9 Å². The van der Waals surface area contributed by atoms with Crippen LogP contribution in [0.15, 0.2) is 18.2 Å². The first kappa shape index (κ1) is 12.6. The van der Waals surface area contributed by atoms with Crippen molar-refractivity contribution in [2.24, 2.45) is 0 Å². The van der Waals surface area contributed by atoms with Gasteiger partial charge in [-0.3, -0.25) is 4.79 Å². The molecule has 6 heteroatoms. The van der Waals surface area contributed by atoms with Gasteiger partial charge in [-0.05, 0) is 16.7 Å². The van der Waals surface area contributed by atoms with E-state index in [1.54, 1.807) is 18.2 Å². The van der Waals surface area contributed by atoms with Crippen molar-refractivity contribution in [1.82, 2.24) is 0 Å². The van der Waals surface area contributed by atoms with Crippen molar-refractivity contribution in [2.75, 3.05) is 6.61 Å². The van der Waals surface area contributed by atoms with E-state index in [9.17, 15) is 9.36 Å². The maximum atomic E-state index is 11.6. The second-order valence-electron chi connectivity index (χ2n) is 2.70. The summed E-state index contributed by atoms with van der Waals surface area (Å²) in [5.74, 6) is -0.219. The molecule has 0 fully saturated rings. The van der Waals surface area contributed by atoms with Crippen molar-refractivity contribution >= 4 is 37.7 Å². The predicted molar refractivity (Wildman–Crippen MR) is 60.4 cm³/mol. The molecule has 1 unspecified atom stereocenters. The van der Waals surface area contributed by atoms with Gasteiger partial charge in [-0.25, -0.2) is 0 Å². The lowest BCUT2D eigenvalue weighted by atomic mass is 10.1. The summed E-state index contributed by atoms with van der Waals surface area (Å²) in [6.07, 6.45) is 0.110. The molecule has 0 aliphatic carbocycles. The molecule has 0 aliphatic rings. The number of carbonyl (C=O) groups excluding carboxylic acids is 1. The third-order valence-electron chi connectivity index (χ3n) is 1.73. The molecule has 0 bridgehead atoms. The zero-order valence-electron chi connectivity index (χ0n) is 7.63. The van der Waals surface area contributed by atoms with Gasteiger partial charge in [0.25, 0.3) is 0 Å². The van der Waals surface area contributed by atoms with E-state index >= 15 is 0 Å². The molecule has 0 spiro atoms. The van der Waals surface area contributed by atoms with E-state index in [-0.39, 0.29) is 18.8 Å². The number of hydrogen-bond donors (Lipinski definition) is 0. The molecule has 0 heterocycles. The smallest absolute Gasteiger partial charge is 0.294 e. The van der Waals surface area contributed by atoms with E-state index in [4.69, 9.17) is 23.2 Å². The third kappa shape index (κ3) is 3.54. The molecule has 1 rings (SSSR count). The first-order valence-electron chi connectivity index (χ1n) is 4.13. The predicted octanol–water partition coefficient (Wildman–Crippen LogP) is 3.52. The fraction of sp³-hybridized carbons (Fsp3) is 0.222. The van der Waals surface area contributed by atoms with Gasteiger partial charge in [0, 0.05) is 6.42 Å². The highest BCUT2D eigenvalue weighted by Crippen LogP contribution is 2.25. The van der Waals surface area contributed by atoms with Crippen LogP contribution in [0.5, 0.6) is 0 Å². The Morgan fingerprint density at radius 1 is 1.33 bits per heavy atom. The molecular weight excluding hydrogens is 258 g/mol. The summed E-state index contributed by atoms with van der Waals surface area (Å²) in [5.41, 5.74) is 0.290. The zero-order chi connectivity index (χ0) is 11.3. The highest BCUT2D eigenvalue weighted by atomic mass is 35.5. The van der Waals surface area contributed by atoms with Gasteiger partial charge in [-0.15, -0.1) is 4.52 Å². The van der Waals surface area contributed by atoms with Crippen molar-refractivity contribution in [2.45, 2.75) is 6.42 Å². The van der Waals surface area contributed by atoms with Crippen LogP contribution in [0.3, 0.4) is 0 Å². The fourth-order valence-electron chi connectivity index (χ4n) is 1.07. The number of hydrogen-bond acceptors (Lipinski definition) is 3. The van der Waals surface area contributed by atoms with Gasteiger partial charge in [0.05, 0.1) is 15.6 Å². The summed E-state index contributed by atoms with van der Waals surface area (Å²) in [7, 11) is -0.859. The number of rotatable bonds is 5. The molecular formula is C9H8Cl2O3P+. The van der Waals surface area contributed by atoms with Crippen LogP contribution in [0.1, 0.15) is 16.8 Å². The maximum absolute atomic E-state index is 11.6. The van der Waals surface area contributed by atoms with Crippen LogP contribution in [0.4, 0.5) is 0 Å². The van der Waals surface area contributed by atoms with Gasteiger partial charge in [-0.1, -0.05) is 29.3 Å². The number of Topliss-reactive ketones (excluding diaryl/α,β-unsaturated/α-hetero) is 1. The van der Waals surface area contributed by atoms with Gasteiger partial charge < -0.3 is 0 Å². The maximum Gasteiger partial charge on any atom is 0.494 e. The third-order valence-corrected chi connectivity index (χ3v) is 2.68. The molecule has 0 saturated carbocycles. The van der Waals surface area contributed by atoms with E-state index < -0.39 is 8.69 Å². The molecule has 1 aromatic carbocycles. The van der Waals surface area contributed by atoms with Gasteiger partial charge in [-0.2, -0.15) is 0 Å². The molecule has 3 nitrogen and oxygen atoms in total. The Kier molecular flexibility index (Phi) is 5.20. The molecule has 0 aromatic heterocycles. The molecule has 0 saturated heterocycles. The fourth-order valence-corrected chi connectivity index (χ4v) is 1.87. The summed E-state index contributed by atoms with van der Waals surface area (Å²) in [5, 5.41) is 0.633. The Labute approximate surface area is 98.6 Å². The minimum atomic E-state index is -0.859. The van der Waals surface area contributed by atoms with Crippen LogP contribution < -0.4 is 0 Å². The Morgan fingerprint density at radius 3 is 2.47 bits per heavy atom. The summed E-state index contributed by atoms with van der Waals surface area (Å²) in [6, 6.07) is 4.85. The first-order chi connectivity index (χ1) is 7.16.